The molecule has 4 N–H and O–H groups in total. The highest BCUT2D eigenvalue weighted by Gasteiger charge is 2.25. The van der Waals surface area contributed by atoms with Gasteiger partial charge in [0.15, 0.2) is 0 Å². The molecule has 1 heterocycles. The van der Waals surface area contributed by atoms with Crippen molar-refractivity contribution in [1.82, 2.24) is 20.5 Å². The average Bonchev–Trinajstić information content (AvgIpc) is 3.39. The molecule has 8 nitrogen and oxygen atoms in total. The van der Waals surface area contributed by atoms with E-state index in [4.69, 9.17) is 0 Å². The van der Waals surface area contributed by atoms with Crippen molar-refractivity contribution in [3.63, 3.8) is 0 Å². The fourth-order valence-corrected chi connectivity index (χ4v) is 5.19. The molecule has 0 spiro atoms. The van der Waals surface area contributed by atoms with E-state index in [1.807, 2.05) is 85.9 Å². The number of hydrogen-bond acceptors (Lipinski definition) is 4. The van der Waals surface area contributed by atoms with Crippen molar-refractivity contribution < 1.29 is 14.4 Å². The molecule has 0 bridgehead atoms. The molecule has 0 aliphatic carbocycles. The van der Waals surface area contributed by atoms with Crippen LogP contribution in [0.15, 0.2) is 95.6 Å². The Morgan fingerprint density at radius 2 is 1.64 bits per heavy atom. The van der Waals surface area contributed by atoms with Crippen LogP contribution < -0.4 is 16.0 Å². The smallest absolute Gasteiger partial charge is 0.255 e. The molecule has 42 heavy (non-hydrogen) atoms. The summed E-state index contributed by atoms with van der Waals surface area (Å²) in [6.45, 7) is 1.10. The number of nitrogens with one attached hydrogen (secondary N) is 4. The summed E-state index contributed by atoms with van der Waals surface area (Å²) in [5.41, 5.74) is 2.92. The van der Waals surface area contributed by atoms with Gasteiger partial charge in [0, 0.05) is 46.6 Å². The molecular formula is C33H32BrN5O3. The van der Waals surface area contributed by atoms with Crippen LogP contribution in [0.1, 0.15) is 26.3 Å². The predicted octanol–water partition coefficient (Wildman–Crippen LogP) is 5.35. The van der Waals surface area contributed by atoms with Crippen molar-refractivity contribution in [1.29, 1.82) is 0 Å². The molecule has 1 aromatic heterocycles. The number of carbonyl (C=O) groups is 3. The molecule has 0 aliphatic heterocycles. The van der Waals surface area contributed by atoms with Gasteiger partial charge in [0.05, 0.1) is 11.3 Å². The minimum Gasteiger partial charge on any atom is -0.361 e. The second kappa shape index (κ2) is 13.0. The van der Waals surface area contributed by atoms with Gasteiger partial charge in [0.1, 0.15) is 6.04 Å². The predicted molar refractivity (Wildman–Crippen MR) is 171 cm³/mol. The van der Waals surface area contributed by atoms with Gasteiger partial charge in [-0.05, 0) is 66.8 Å². The number of aromatic nitrogens is 1. The van der Waals surface area contributed by atoms with Crippen LogP contribution in [0.25, 0.3) is 21.7 Å². The van der Waals surface area contributed by atoms with Crippen LogP contribution in [0.4, 0.5) is 5.69 Å². The number of hydrogen-bond donors (Lipinski definition) is 4. The third-order valence-electron chi connectivity index (χ3n) is 7.07. The second-order valence-corrected chi connectivity index (χ2v) is 11.3. The number of benzene rings is 4. The molecule has 0 radical (unpaired) electrons. The van der Waals surface area contributed by atoms with E-state index in [-0.39, 0.29) is 23.8 Å². The van der Waals surface area contributed by atoms with Gasteiger partial charge in [-0.3, -0.25) is 14.4 Å². The lowest BCUT2D eigenvalue weighted by molar-refractivity contribution is -0.123. The number of anilines is 1. The van der Waals surface area contributed by atoms with Gasteiger partial charge in [0.2, 0.25) is 5.91 Å². The van der Waals surface area contributed by atoms with E-state index < -0.39 is 11.9 Å². The first-order chi connectivity index (χ1) is 20.3. The van der Waals surface area contributed by atoms with Gasteiger partial charge in [0.25, 0.3) is 11.8 Å². The van der Waals surface area contributed by atoms with Crippen LogP contribution in [-0.2, 0) is 11.2 Å². The number of H-pyrrole nitrogens is 1. The number of fused-ring (bicyclic) bond motifs is 2. The fraction of sp³-hybridized carbons (Fsp3) is 0.182. The minimum absolute atomic E-state index is 0.239. The number of carbonyl (C=O) groups excluding carboxylic acids is 3. The van der Waals surface area contributed by atoms with E-state index >= 15 is 0 Å². The van der Waals surface area contributed by atoms with E-state index in [1.165, 1.54) is 0 Å². The van der Waals surface area contributed by atoms with E-state index in [2.05, 4.69) is 36.9 Å². The number of aromatic amines is 1. The maximum atomic E-state index is 13.7. The third-order valence-corrected chi connectivity index (χ3v) is 7.56. The number of rotatable bonds is 10. The third kappa shape index (κ3) is 6.87. The van der Waals surface area contributed by atoms with Crippen LogP contribution in [0.5, 0.6) is 0 Å². The summed E-state index contributed by atoms with van der Waals surface area (Å²) in [6.07, 6.45) is 2.15. The summed E-state index contributed by atoms with van der Waals surface area (Å²) in [5.74, 6) is -1.10. The first-order valence-electron chi connectivity index (χ1n) is 13.7. The van der Waals surface area contributed by atoms with Crippen LogP contribution in [0.2, 0.25) is 0 Å². The highest BCUT2D eigenvalue weighted by atomic mass is 79.9. The van der Waals surface area contributed by atoms with Gasteiger partial charge in [-0.25, -0.2) is 0 Å². The topological polar surface area (TPSA) is 106 Å². The molecule has 5 rings (SSSR count). The molecule has 1 unspecified atom stereocenters. The van der Waals surface area contributed by atoms with Crippen LogP contribution in [0, 0.1) is 0 Å². The Balaban J connectivity index is 1.39. The second-order valence-electron chi connectivity index (χ2n) is 10.4. The SMILES string of the molecule is CN(C)CCNC(=O)C(Cc1c[nH]c2ccccc12)NC(=O)c1cc(Br)ccc1NC(=O)c1ccc2ccccc2c1. The Kier molecular flexibility index (Phi) is 9.00. The molecule has 214 valence electrons. The average molecular weight is 627 g/mol. The lowest BCUT2D eigenvalue weighted by Crippen LogP contribution is -2.49. The fourth-order valence-electron chi connectivity index (χ4n) is 4.83. The lowest BCUT2D eigenvalue weighted by Gasteiger charge is -2.20. The van der Waals surface area contributed by atoms with E-state index in [9.17, 15) is 14.4 Å². The zero-order valence-electron chi connectivity index (χ0n) is 23.4. The summed E-state index contributed by atoms with van der Waals surface area (Å²) in [5, 5.41) is 11.7. The quantitative estimate of drug-likeness (QED) is 0.168. The Morgan fingerprint density at radius 3 is 2.45 bits per heavy atom. The van der Waals surface area contributed by atoms with Crippen molar-refractivity contribution in [2.75, 3.05) is 32.5 Å². The zero-order valence-corrected chi connectivity index (χ0v) is 25.0. The number of likely N-dealkylation sites (N-methyl/N-ethyl adjacent to an activating group) is 1. The summed E-state index contributed by atoms with van der Waals surface area (Å²) in [4.78, 5) is 45.5. The molecule has 9 heteroatoms. The van der Waals surface area contributed by atoms with Crippen LogP contribution in [0.3, 0.4) is 0 Å². The first-order valence-corrected chi connectivity index (χ1v) is 14.5. The summed E-state index contributed by atoms with van der Waals surface area (Å²) >= 11 is 3.44. The number of nitrogens with zero attached hydrogens (tertiary/aromatic N) is 1. The molecular weight excluding hydrogens is 594 g/mol. The maximum absolute atomic E-state index is 13.7. The van der Waals surface area contributed by atoms with Gasteiger partial charge >= 0.3 is 0 Å². The molecule has 3 amide bonds. The summed E-state index contributed by atoms with van der Waals surface area (Å²) in [7, 11) is 3.86. The highest BCUT2D eigenvalue weighted by Crippen LogP contribution is 2.24. The molecule has 0 fully saturated rings. The van der Waals surface area contributed by atoms with Gasteiger partial charge in [-0.1, -0.05) is 64.5 Å². The van der Waals surface area contributed by atoms with Crippen LogP contribution >= 0.6 is 15.9 Å². The zero-order chi connectivity index (χ0) is 29.6. The first kappa shape index (κ1) is 29.0. The maximum Gasteiger partial charge on any atom is 0.255 e. The normalized spacial score (nSPS) is 11.9. The van der Waals surface area contributed by atoms with Crippen LogP contribution in [-0.4, -0.2) is 60.8 Å². The molecule has 1 atom stereocenters. The van der Waals surface area contributed by atoms with Crippen molar-refractivity contribution >= 4 is 61.0 Å². The molecule has 5 aromatic rings. The molecule has 4 aromatic carbocycles. The number of halogens is 1. The van der Waals surface area contributed by atoms with Crippen molar-refractivity contribution in [3.05, 3.63) is 112 Å². The molecule has 0 saturated heterocycles. The largest absolute Gasteiger partial charge is 0.361 e. The van der Waals surface area contributed by atoms with Gasteiger partial charge in [-0.15, -0.1) is 0 Å². The van der Waals surface area contributed by atoms with E-state index in [1.54, 1.807) is 24.3 Å². The number of amides is 3. The van der Waals surface area contributed by atoms with Gasteiger partial charge < -0.3 is 25.8 Å². The molecule has 0 saturated carbocycles. The van der Waals surface area contributed by atoms with E-state index in [0.29, 0.717) is 28.8 Å². The highest BCUT2D eigenvalue weighted by molar-refractivity contribution is 9.10. The Labute approximate surface area is 252 Å². The standard InChI is InChI=1S/C33H32BrN5O3/c1-39(2)16-15-35-33(42)30(18-24-20-36-28-10-6-5-9-26(24)28)38-32(41)27-19-25(34)13-14-29(27)37-31(40)23-12-11-21-7-3-4-8-22(21)17-23/h3-14,17,19-20,30,36H,15-16,18H2,1-2H3,(H,35,42)(H,37,40)(H,38,41). The van der Waals surface area contributed by atoms with Gasteiger partial charge in [-0.2, -0.15) is 0 Å². The monoisotopic (exact) mass is 625 g/mol. The number of para-hydroxylation sites is 1. The van der Waals surface area contributed by atoms with Crippen molar-refractivity contribution in [3.8, 4) is 0 Å². The Bertz CT molecular complexity index is 1760. The van der Waals surface area contributed by atoms with Crippen molar-refractivity contribution in [2.45, 2.75) is 12.5 Å². The summed E-state index contributed by atoms with van der Waals surface area (Å²) in [6, 6.07) is 25.3. The van der Waals surface area contributed by atoms with E-state index in [0.717, 1.165) is 27.2 Å². The van der Waals surface area contributed by atoms with Crippen molar-refractivity contribution in [2.24, 2.45) is 0 Å². The Morgan fingerprint density at radius 1 is 0.881 bits per heavy atom. The summed E-state index contributed by atoms with van der Waals surface area (Å²) < 4.78 is 0.667. The lowest BCUT2D eigenvalue weighted by atomic mass is 10.0. The minimum atomic E-state index is -0.845. The Hall–Kier alpha value is -4.47. The molecule has 0 aliphatic rings.